The summed E-state index contributed by atoms with van der Waals surface area (Å²) >= 11 is 0. The molecule has 10 unspecified atom stereocenters. The highest BCUT2D eigenvalue weighted by atomic mass is 16.5. The molecule has 60 heavy (non-hydrogen) atoms. The summed E-state index contributed by atoms with van der Waals surface area (Å²) in [5.41, 5.74) is 0. The molecule has 8 saturated carbocycles. The Morgan fingerprint density at radius 1 is 0.417 bits per heavy atom. The topological polar surface area (TPSA) is 24.9 Å². The highest BCUT2D eigenvalue weighted by Crippen LogP contribution is 2.65. The van der Waals surface area contributed by atoms with Crippen LogP contribution in [0.4, 0.5) is 0 Å². The van der Waals surface area contributed by atoms with Gasteiger partial charge in [-0.05, 0) is 228 Å². The maximum Gasteiger partial charge on any atom is 0.0579 e. The molecule has 0 aromatic heterocycles. The fraction of sp³-hybridized carbons (Fsp3) is 1.00. The van der Waals surface area contributed by atoms with Gasteiger partial charge in [0.1, 0.15) is 0 Å². The van der Waals surface area contributed by atoms with E-state index in [1.807, 2.05) is 0 Å². The molecule has 8 fully saturated rings. The Kier molecular flexibility index (Phi) is 16.6. The summed E-state index contributed by atoms with van der Waals surface area (Å²) in [5.74, 6) is 9.64. The van der Waals surface area contributed by atoms with Crippen LogP contribution in [0.25, 0.3) is 0 Å². The van der Waals surface area contributed by atoms with E-state index in [4.69, 9.17) is 9.47 Å². The van der Waals surface area contributed by atoms with Crippen LogP contribution in [0.15, 0.2) is 0 Å². The summed E-state index contributed by atoms with van der Waals surface area (Å²) in [5, 5.41) is 0. The smallest absolute Gasteiger partial charge is 0.0579 e. The molecule has 8 rings (SSSR count). The van der Waals surface area contributed by atoms with Gasteiger partial charge in [0.05, 0.1) is 24.4 Å². The van der Waals surface area contributed by atoms with Crippen LogP contribution in [-0.4, -0.2) is 70.5 Å². The van der Waals surface area contributed by atoms with Gasteiger partial charge >= 0.3 is 0 Å². The molecule has 0 spiro atoms. The lowest BCUT2D eigenvalue weighted by Crippen LogP contribution is -2.66. The summed E-state index contributed by atoms with van der Waals surface area (Å²) in [6.45, 7) is 19.1. The Hall–Kier alpha value is -0.160. The van der Waals surface area contributed by atoms with Crippen LogP contribution in [0, 0.1) is 59.2 Å². The molecule has 8 aliphatic carbocycles. The Balaban J connectivity index is 1.13. The van der Waals surface area contributed by atoms with Crippen molar-refractivity contribution < 1.29 is 9.47 Å². The monoisotopic (exact) mass is 833 g/mol. The Labute approximate surface area is 373 Å². The van der Waals surface area contributed by atoms with E-state index in [1.54, 1.807) is 38.5 Å². The third-order valence-corrected chi connectivity index (χ3v) is 19.9. The van der Waals surface area contributed by atoms with Crippen LogP contribution >= 0.6 is 0 Å². The van der Waals surface area contributed by atoms with E-state index < -0.39 is 0 Å². The molecule has 0 saturated heterocycles. The molecule has 0 heterocycles. The molecule has 8 aliphatic rings. The lowest BCUT2D eigenvalue weighted by molar-refractivity contribution is -0.180. The standard InChI is InChI=1S/C56H100N2O2/c1-9-11-13-41-35-53(57(43-19-15-39(7)16-20-43)45-23-27-47(28-24-45)59-37(3)4)51-34-32-50-42(14-12-10-2)36-54(52-33-31-49(41)55(51)56(50)52)58(44-21-17-40(8)18-22-44)46-25-29-48(30-26-46)60-38(5)6/h37-56H,9-36H2,1-8H3. The minimum absolute atomic E-state index is 0.360. The first kappa shape index (κ1) is 46.4. The van der Waals surface area contributed by atoms with E-state index in [0.29, 0.717) is 24.4 Å². The molecule has 10 atom stereocenters. The Bertz CT molecular complexity index is 1160. The van der Waals surface area contributed by atoms with Crippen molar-refractivity contribution in [2.45, 2.75) is 296 Å². The molecule has 0 amide bonds. The first-order valence-electron chi connectivity index (χ1n) is 28.0. The highest BCUT2D eigenvalue weighted by Gasteiger charge is 2.61. The zero-order chi connectivity index (χ0) is 41.9. The Morgan fingerprint density at radius 2 is 0.733 bits per heavy atom. The maximum absolute atomic E-state index is 6.52. The molecular formula is C56H100N2O2. The summed E-state index contributed by atoms with van der Waals surface area (Å²) < 4.78 is 13.0. The molecule has 0 N–H and O–H groups in total. The van der Waals surface area contributed by atoms with Crippen LogP contribution in [-0.2, 0) is 9.47 Å². The van der Waals surface area contributed by atoms with Crippen molar-refractivity contribution in [1.82, 2.24) is 9.80 Å². The van der Waals surface area contributed by atoms with E-state index in [2.05, 4.69) is 65.2 Å². The second-order valence-corrected chi connectivity index (χ2v) is 24.3. The van der Waals surface area contributed by atoms with Crippen molar-refractivity contribution in [3.8, 4) is 0 Å². The van der Waals surface area contributed by atoms with E-state index in [9.17, 15) is 0 Å². The number of nitrogens with zero attached hydrogens (tertiary/aromatic N) is 2. The van der Waals surface area contributed by atoms with Gasteiger partial charge in [-0.15, -0.1) is 0 Å². The summed E-state index contributed by atoms with van der Waals surface area (Å²) in [4.78, 5) is 6.81. The van der Waals surface area contributed by atoms with Gasteiger partial charge < -0.3 is 9.47 Å². The number of unbranched alkanes of at least 4 members (excludes halogenated alkanes) is 2. The van der Waals surface area contributed by atoms with Crippen LogP contribution in [0.1, 0.15) is 235 Å². The van der Waals surface area contributed by atoms with Crippen molar-refractivity contribution in [2.75, 3.05) is 0 Å². The zero-order valence-corrected chi connectivity index (χ0v) is 41.1. The maximum atomic E-state index is 6.52. The third kappa shape index (κ3) is 10.4. The van der Waals surface area contributed by atoms with Crippen molar-refractivity contribution in [2.24, 2.45) is 59.2 Å². The molecule has 0 aliphatic heterocycles. The number of rotatable bonds is 16. The molecular weight excluding hydrogens is 733 g/mol. The number of hydrogen-bond donors (Lipinski definition) is 0. The van der Waals surface area contributed by atoms with Crippen LogP contribution in [0.3, 0.4) is 0 Å². The quantitative estimate of drug-likeness (QED) is 0.155. The average molecular weight is 833 g/mol. The van der Waals surface area contributed by atoms with Crippen molar-refractivity contribution in [3.63, 3.8) is 0 Å². The molecule has 346 valence electrons. The number of ether oxygens (including phenoxy) is 2. The molecule has 0 aromatic rings. The van der Waals surface area contributed by atoms with Gasteiger partial charge in [0.15, 0.2) is 0 Å². The van der Waals surface area contributed by atoms with E-state index in [0.717, 1.165) is 95.4 Å². The summed E-state index contributed by atoms with van der Waals surface area (Å²) in [6.07, 6.45) is 42.2. The molecule has 4 nitrogen and oxygen atoms in total. The predicted octanol–water partition coefficient (Wildman–Crippen LogP) is 14.7. The van der Waals surface area contributed by atoms with E-state index in [1.165, 1.54) is 141 Å². The average Bonchev–Trinajstić information content (AvgIpc) is 3.24. The first-order chi connectivity index (χ1) is 29.1. The first-order valence-corrected chi connectivity index (χ1v) is 28.0. The normalized spacial score (nSPS) is 45.0. The van der Waals surface area contributed by atoms with Crippen molar-refractivity contribution in [1.29, 1.82) is 0 Å². The largest absolute Gasteiger partial charge is 0.376 e. The number of hydrogen-bond acceptors (Lipinski definition) is 4. The van der Waals surface area contributed by atoms with Crippen LogP contribution < -0.4 is 0 Å². The van der Waals surface area contributed by atoms with Gasteiger partial charge in [-0.25, -0.2) is 0 Å². The fourth-order valence-electron chi connectivity index (χ4n) is 17.4. The van der Waals surface area contributed by atoms with E-state index in [-0.39, 0.29) is 0 Å². The highest BCUT2D eigenvalue weighted by molar-refractivity contribution is 5.12. The van der Waals surface area contributed by atoms with Gasteiger partial charge in [0, 0.05) is 36.3 Å². The van der Waals surface area contributed by atoms with Crippen LogP contribution in [0.5, 0.6) is 0 Å². The van der Waals surface area contributed by atoms with E-state index >= 15 is 0 Å². The van der Waals surface area contributed by atoms with Gasteiger partial charge in [0.2, 0.25) is 0 Å². The molecule has 0 bridgehead atoms. The van der Waals surface area contributed by atoms with Gasteiger partial charge in [0.25, 0.3) is 0 Å². The summed E-state index contributed by atoms with van der Waals surface area (Å²) in [7, 11) is 0. The van der Waals surface area contributed by atoms with Gasteiger partial charge in [-0.2, -0.15) is 0 Å². The second kappa shape index (κ2) is 21.4. The third-order valence-electron chi connectivity index (χ3n) is 19.9. The lowest BCUT2D eigenvalue weighted by atomic mass is 9.42. The van der Waals surface area contributed by atoms with Gasteiger partial charge in [-0.3, -0.25) is 9.80 Å². The minimum Gasteiger partial charge on any atom is -0.376 e. The second-order valence-electron chi connectivity index (χ2n) is 24.3. The molecule has 0 radical (unpaired) electrons. The molecule has 0 aromatic carbocycles. The zero-order valence-electron chi connectivity index (χ0n) is 41.1. The Morgan fingerprint density at radius 3 is 1.05 bits per heavy atom. The predicted molar refractivity (Wildman–Crippen MR) is 253 cm³/mol. The SMILES string of the molecule is CCCCC1CC(N(C2CCC(C)CC2)C2CCC(OC(C)C)CC2)C2CCC3C(CCCC)CC(N(C4CCC(C)CC4)C4CCC(OC(C)C)CC4)C4CCC1C2C34. The fourth-order valence-corrected chi connectivity index (χ4v) is 17.4. The lowest BCUT2D eigenvalue weighted by Gasteiger charge is -2.67. The van der Waals surface area contributed by atoms with Gasteiger partial charge in [-0.1, -0.05) is 66.2 Å². The van der Waals surface area contributed by atoms with Crippen molar-refractivity contribution in [3.05, 3.63) is 0 Å². The van der Waals surface area contributed by atoms with Crippen LogP contribution in [0.2, 0.25) is 0 Å². The summed E-state index contributed by atoms with van der Waals surface area (Å²) in [6, 6.07) is 4.90. The molecule has 4 heteroatoms. The van der Waals surface area contributed by atoms with Crippen molar-refractivity contribution >= 4 is 0 Å². The minimum atomic E-state index is 0.360.